The van der Waals surface area contributed by atoms with Gasteiger partial charge in [0.25, 0.3) is 0 Å². The Labute approximate surface area is 117 Å². The van der Waals surface area contributed by atoms with Crippen LogP contribution in [0.2, 0.25) is 0 Å². The summed E-state index contributed by atoms with van der Waals surface area (Å²) >= 11 is 0. The Morgan fingerprint density at radius 3 is 2.32 bits per heavy atom. The van der Waals surface area contributed by atoms with Crippen LogP contribution in [0.25, 0.3) is 0 Å². The molecule has 1 rings (SSSR count). The first kappa shape index (κ1) is 16.2. The molecule has 19 heavy (non-hydrogen) atoms. The molecule has 0 saturated heterocycles. The van der Waals surface area contributed by atoms with Crippen LogP contribution in [0.4, 0.5) is 4.39 Å². The molecule has 1 unspecified atom stereocenters. The summed E-state index contributed by atoms with van der Waals surface area (Å²) in [5.41, 5.74) is 0.769. The number of unbranched alkanes of at least 4 members (excludes halogenated alkanes) is 6. The molecule has 0 spiro atoms. The zero-order chi connectivity index (χ0) is 13.9. The van der Waals surface area contributed by atoms with Crippen LogP contribution in [0.3, 0.4) is 0 Å². The molecule has 0 heterocycles. The first-order chi connectivity index (χ1) is 9.25. The third-order valence-electron chi connectivity index (χ3n) is 3.60. The highest BCUT2D eigenvalue weighted by molar-refractivity contribution is 5.20. The predicted octanol–water partition coefficient (Wildman–Crippen LogP) is 5.23. The van der Waals surface area contributed by atoms with Gasteiger partial charge in [0.05, 0.1) is 0 Å². The largest absolute Gasteiger partial charge is 0.310 e. The van der Waals surface area contributed by atoms with E-state index in [0.717, 1.165) is 12.1 Å². The van der Waals surface area contributed by atoms with Gasteiger partial charge < -0.3 is 5.32 Å². The minimum atomic E-state index is -0.109. The van der Waals surface area contributed by atoms with Gasteiger partial charge in [-0.3, -0.25) is 0 Å². The smallest absolute Gasteiger partial charge is 0.127 e. The van der Waals surface area contributed by atoms with Crippen LogP contribution in [0.15, 0.2) is 24.3 Å². The number of nitrogens with one attached hydrogen (secondary N) is 1. The van der Waals surface area contributed by atoms with Crippen LogP contribution in [0, 0.1) is 5.82 Å². The SMILES string of the molecule is CCCCCCCCCNC(C)c1ccccc1F. The van der Waals surface area contributed by atoms with Crippen molar-refractivity contribution in [2.75, 3.05) is 6.54 Å². The molecule has 2 heteroatoms. The van der Waals surface area contributed by atoms with Gasteiger partial charge in [0, 0.05) is 11.6 Å². The second kappa shape index (κ2) is 9.96. The van der Waals surface area contributed by atoms with Crippen molar-refractivity contribution in [3.8, 4) is 0 Å². The van der Waals surface area contributed by atoms with Crippen LogP contribution in [0.5, 0.6) is 0 Å². The van der Waals surface area contributed by atoms with E-state index in [4.69, 9.17) is 0 Å². The molecule has 1 N–H and O–H groups in total. The maximum absolute atomic E-state index is 13.5. The van der Waals surface area contributed by atoms with Gasteiger partial charge in [-0.2, -0.15) is 0 Å². The van der Waals surface area contributed by atoms with Crippen molar-refractivity contribution >= 4 is 0 Å². The Morgan fingerprint density at radius 1 is 1.00 bits per heavy atom. The zero-order valence-corrected chi connectivity index (χ0v) is 12.4. The van der Waals surface area contributed by atoms with Gasteiger partial charge in [-0.05, 0) is 26.0 Å². The number of benzene rings is 1. The van der Waals surface area contributed by atoms with E-state index in [9.17, 15) is 4.39 Å². The number of hydrogen-bond acceptors (Lipinski definition) is 1. The fourth-order valence-electron chi connectivity index (χ4n) is 2.34. The van der Waals surface area contributed by atoms with E-state index >= 15 is 0 Å². The summed E-state index contributed by atoms with van der Waals surface area (Å²) in [6.45, 7) is 5.25. The highest BCUT2D eigenvalue weighted by Crippen LogP contribution is 2.16. The van der Waals surface area contributed by atoms with Gasteiger partial charge in [0.2, 0.25) is 0 Å². The second-order valence-corrected chi connectivity index (χ2v) is 5.32. The van der Waals surface area contributed by atoms with Crippen molar-refractivity contribution in [3.05, 3.63) is 35.6 Å². The molecule has 0 bridgehead atoms. The average Bonchev–Trinajstić information content (AvgIpc) is 2.42. The van der Waals surface area contributed by atoms with Crippen LogP contribution in [-0.4, -0.2) is 6.54 Å². The first-order valence-corrected chi connectivity index (χ1v) is 7.73. The monoisotopic (exact) mass is 265 g/mol. The van der Waals surface area contributed by atoms with Crippen molar-refractivity contribution in [2.45, 2.75) is 64.8 Å². The lowest BCUT2D eigenvalue weighted by Crippen LogP contribution is -2.20. The fourth-order valence-corrected chi connectivity index (χ4v) is 2.34. The van der Waals surface area contributed by atoms with E-state index in [2.05, 4.69) is 12.2 Å². The molecule has 0 aliphatic heterocycles. The van der Waals surface area contributed by atoms with Crippen molar-refractivity contribution in [3.63, 3.8) is 0 Å². The Morgan fingerprint density at radius 2 is 1.63 bits per heavy atom. The summed E-state index contributed by atoms with van der Waals surface area (Å²) in [5, 5.41) is 3.40. The summed E-state index contributed by atoms with van der Waals surface area (Å²) in [6, 6.07) is 7.12. The van der Waals surface area contributed by atoms with E-state index in [1.807, 2.05) is 19.1 Å². The zero-order valence-electron chi connectivity index (χ0n) is 12.4. The molecule has 1 atom stereocenters. The maximum atomic E-state index is 13.5. The predicted molar refractivity (Wildman–Crippen MR) is 80.8 cm³/mol. The second-order valence-electron chi connectivity index (χ2n) is 5.32. The van der Waals surface area contributed by atoms with Gasteiger partial charge >= 0.3 is 0 Å². The lowest BCUT2D eigenvalue weighted by molar-refractivity contribution is 0.503. The highest BCUT2D eigenvalue weighted by Gasteiger charge is 2.08. The quantitative estimate of drug-likeness (QED) is 0.571. The third kappa shape index (κ3) is 6.72. The molecule has 0 amide bonds. The molecule has 0 aliphatic carbocycles. The third-order valence-corrected chi connectivity index (χ3v) is 3.60. The summed E-state index contributed by atoms with van der Waals surface area (Å²) in [4.78, 5) is 0. The van der Waals surface area contributed by atoms with Crippen molar-refractivity contribution < 1.29 is 4.39 Å². The Bertz CT molecular complexity index is 338. The van der Waals surface area contributed by atoms with Crippen molar-refractivity contribution in [1.29, 1.82) is 0 Å². The van der Waals surface area contributed by atoms with Crippen LogP contribution in [-0.2, 0) is 0 Å². The minimum Gasteiger partial charge on any atom is -0.310 e. The number of halogens is 1. The van der Waals surface area contributed by atoms with E-state index in [1.165, 1.54) is 51.0 Å². The summed E-state index contributed by atoms with van der Waals surface area (Å²) < 4.78 is 13.5. The topological polar surface area (TPSA) is 12.0 Å². The van der Waals surface area contributed by atoms with Crippen molar-refractivity contribution in [2.24, 2.45) is 0 Å². The Kier molecular flexibility index (Phi) is 8.48. The molecule has 108 valence electrons. The molecule has 1 aromatic carbocycles. The molecule has 1 aromatic rings. The van der Waals surface area contributed by atoms with E-state index in [0.29, 0.717) is 0 Å². The molecule has 0 fully saturated rings. The normalized spacial score (nSPS) is 12.6. The van der Waals surface area contributed by atoms with Gasteiger partial charge in [-0.15, -0.1) is 0 Å². The van der Waals surface area contributed by atoms with Gasteiger partial charge in [-0.1, -0.05) is 63.6 Å². The lowest BCUT2D eigenvalue weighted by atomic mass is 10.1. The van der Waals surface area contributed by atoms with Crippen LogP contribution < -0.4 is 5.32 Å². The molecule has 0 aromatic heterocycles. The van der Waals surface area contributed by atoms with Gasteiger partial charge in [-0.25, -0.2) is 4.39 Å². The first-order valence-electron chi connectivity index (χ1n) is 7.73. The number of rotatable bonds is 10. The van der Waals surface area contributed by atoms with Crippen molar-refractivity contribution in [1.82, 2.24) is 5.32 Å². The standard InChI is InChI=1S/C17H28FN/c1-3-4-5-6-7-8-11-14-19-15(2)16-12-9-10-13-17(16)18/h9-10,12-13,15,19H,3-8,11,14H2,1-2H3. The summed E-state index contributed by atoms with van der Waals surface area (Å²) in [7, 11) is 0. The molecule has 1 nitrogen and oxygen atoms in total. The maximum Gasteiger partial charge on any atom is 0.127 e. The van der Waals surface area contributed by atoms with E-state index in [1.54, 1.807) is 6.07 Å². The lowest BCUT2D eigenvalue weighted by Gasteiger charge is -2.14. The molecule has 0 saturated carbocycles. The molecule has 0 aliphatic rings. The van der Waals surface area contributed by atoms with E-state index < -0.39 is 0 Å². The Balaban J connectivity index is 2.08. The minimum absolute atomic E-state index is 0.0984. The van der Waals surface area contributed by atoms with E-state index in [-0.39, 0.29) is 11.9 Å². The van der Waals surface area contributed by atoms with Gasteiger partial charge in [0.15, 0.2) is 0 Å². The molecular formula is C17H28FN. The summed E-state index contributed by atoms with van der Waals surface area (Å²) in [5.74, 6) is -0.109. The summed E-state index contributed by atoms with van der Waals surface area (Å²) in [6.07, 6.45) is 9.19. The van der Waals surface area contributed by atoms with Gasteiger partial charge in [0.1, 0.15) is 5.82 Å². The highest BCUT2D eigenvalue weighted by atomic mass is 19.1. The average molecular weight is 265 g/mol. The molecule has 0 radical (unpaired) electrons. The molecular weight excluding hydrogens is 237 g/mol. The van der Waals surface area contributed by atoms with Crippen LogP contribution >= 0.6 is 0 Å². The van der Waals surface area contributed by atoms with Crippen LogP contribution in [0.1, 0.15) is 70.4 Å². The Hall–Kier alpha value is -0.890. The number of hydrogen-bond donors (Lipinski definition) is 1. The fraction of sp³-hybridized carbons (Fsp3) is 0.647.